The van der Waals surface area contributed by atoms with Crippen LogP contribution in [-0.4, -0.2) is 26.3 Å². The second kappa shape index (κ2) is 6.02. The van der Waals surface area contributed by atoms with Crippen molar-refractivity contribution in [3.8, 4) is 11.5 Å². The Kier molecular flexibility index (Phi) is 4.68. The third kappa shape index (κ3) is 3.05. The molecule has 0 aromatic heterocycles. The van der Waals surface area contributed by atoms with Gasteiger partial charge in [-0.25, -0.2) is 4.89 Å². The summed E-state index contributed by atoms with van der Waals surface area (Å²) in [6, 6.07) is 4.53. The minimum atomic E-state index is -1.40. The maximum atomic E-state index is 10.8. The minimum absolute atomic E-state index is 0.300. The highest BCUT2D eigenvalue weighted by Crippen LogP contribution is 2.31. The van der Waals surface area contributed by atoms with Crippen molar-refractivity contribution < 1.29 is 24.2 Å². The maximum absolute atomic E-state index is 10.8. The van der Waals surface area contributed by atoms with Gasteiger partial charge in [0, 0.05) is 0 Å². The molecule has 7 heteroatoms. The molecule has 0 radical (unpaired) electrons. The van der Waals surface area contributed by atoms with Gasteiger partial charge in [-0.1, -0.05) is 0 Å². The van der Waals surface area contributed by atoms with Crippen LogP contribution in [0.3, 0.4) is 0 Å². The predicted octanol–water partition coefficient (Wildman–Crippen LogP) is 1.56. The third-order valence-corrected chi connectivity index (χ3v) is 2.07. The summed E-state index contributed by atoms with van der Waals surface area (Å²) < 4.78 is 10.1. The van der Waals surface area contributed by atoms with Crippen LogP contribution < -0.4 is 9.47 Å². The lowest BCUT2D eigenvalue weighted by Crippen LogP contribution is -2.14. The van der Waals surface area contributed by atoms with Crippen molar-refractivity contribution in [1.29, 1.82) is 0 Å². The Bertz CT molecular complexity index is 394. The zero-order valence-corrected chi connectivity index (χ0v) is 9.71. The molecular formula is C10H13NO6. The molecule has 1 aromatic carbocycles. The molecule has 0 aliphatic carbocycles. The number of nitro groups is 1. The second-order valence-corrected chi connectivity index (χ2v) is 3.02. The number of ether oxygens (including phenoxy) is 2. The van der Waals surface area contributed by atoms with Crippen LogP contribution in [0.2, 0.25) is 0 Å². The molecule has 0 bridgehead atoms. The number of hydrogen-bond acceptors (Lipinski definition) is 6. The normalized spacial score (nSPS) is 11.9. The first kappa shape index (κ1) is 13.2. The summed E-state index contributed by atoms with van der Waals surface area (Å²) in [5.41, 5.74) is 0.300. The highest BCUT2D eigenvalue weighted by atomic mass is 17.2. The standard InChI is InChI=1S/C10H13NO6/c1-14-8-5-4-7(6-9(8)15-2)10(11(12)13)17-16-3/h4-6,10H,1-3H3. The van der Waals surface area contributed by atoms with Gasteiger partial charge in [0.05, 0.1) is 31.8 Å². The van der Waals surface area contributed by atoms with E-state index in [2.05, 4.69) is 9.78 Å². The minimum Gasteiger partial charge on any atom is -0.493 e. The Labute approximate surface area is 97.9 Å². The van der Waals surface area contributed by atoms with Crippen LogP contribution in [-0.2, 0) is 9.78 Å². The van der Waals surface area contributed by atoms with E-state index in [-0.39, 0.29) is 0 Å². The van der Waals surface area contributed by atoms with E-state index in [4.69, 9.17) is 9.47 Å². The number of methoxy groups -OCH3 is 2. The van der Waals surface area contributed by atoms with Crippen LogP contribution in [0.4, 0.5) is 0 Å². The highest BCUT2D eigenvalue weighted by Gasteiger charge is 2.25. The van der Waals surface area contributed by atoms with Crippen LogP contribution in [0.25, 0.3) is 0 Å². The monoisotopic (exact) mass is 243 g/mol. The van der Waals surface area contributed by atoms with Gasteiger partial charge in [0.25, 0.3) is 0 Å². The van der Waals surface area contributed by atoms with Gasteiger partial charge in [0.15, 0.2) is 11.5 Å². The second-order valence-electron chi connectivity index (χ2n) is 3.02. The van der Waals surface area contributed by atoms with Crippen molar-refractivity contribution in [2.45, 2.75) is 6.23 Å². The summed E-state index contributed by atoms with van der Waals surface area (Å²) in [6.45, 7) is 0. The Balaban J connectivity index is 3.08. The smallest absolute Gasteiger partial charge is 0.368 e. The van der Waals surface area contributed by atoms with Crippen molar-refractivity contribution in [2.75, 3.05) is 21.3 Å². The van der Waals surface area contributed by atoms with Crippen molar-refractivity contribution in [3.63, 3.8) is 0 Å². The third-order valence-electron chi connectivity index (χ3n) is 2.07. The quantitative estimate of drug-likeness (QED) is 0.326. The summed E-state index contributed by atoms with van der Waals surface area (Å²) in [5, 5.41) is 10.8. The van der Waals surface area contributed by atoms with E-state index in [1.54, 1.807) is 6.07 Å². The lowest BCUT2D eigenvalue weighted by molar-refractivity contribution is -0.627. The van der Waals surface area contributed by atoms with E-state index < -0.39 is 11.2 Å². The summed E-state index contributed by atoms with van der Waals surface area (Å²) in [6.07, 6.45) is -1.40. The highest BCUT2D eigenvalue weighted by molar-refractivity contribution is 5.43. The first-order valence-electron chi connectivity index (χ1n) is 4.69. The Morgan fingerprint density at radius 3 is 2.29 bits per heavy atom. The topological polar surface area (TPSA) is 80.1 Å². The van der Waals surface area contributed by atoms with Crippen LogP contribution in [0, 0.1) is 10.1 Å². The van der Waals surface area contributed by atoms with E-state index >= 15 is 0 Å². The van der Waals surface area contributed by atoms with Crippen molar-refractivity contribution in [1.82, 2.24) is 0 Å². The van der Waals surface area contributed by atoms with Gasteiger partial charge in [-0.15, -0.1) is 0 Å². The molecule has 0 saturated carbocycles. The van der Waals surface area contributed by atoms with E-state index in [0.717, 1.165) is 0 Å². The fraction of sp³-hybridized carbons (Fsp3) is 0.400. The van der Waals surface area contributed by atoms with Crippen molar-refractivity contribution in [3.05, 3.63) is 33.9 Å². The van der Waals surface area contributed by atoms with Gasteiger partial charge in [-0.2, -0.15) is 4.89 Å². The molecule has 1 aromatic rings. The van der Waals surface area contributed by atoms with E-state index in [1.165, 1.54) is 33.5 Å². The number of benzene rings is 1. The summed E-state index contributed by atoms with van der Waals surface area (Å²) >= 11 is 0. The summed E-state index contributed by atoms with van der Waals surface area (Å²) in [4.78, 5) is 19.1. The zero-order chi connectivity index (χ0) is 12.8. The summed E-state index contributed by atoms with van der Waals surface area (Å²) in [7, 11) is 4.13. The maximum Gasteiger partial charge on any atom is 0.368 e. The molecule has 0 aliphatic heterocycles. The molecule has 0 saturated heterocycles. The van der Waals surface area contributed by atoms with Crippen LogP contribution >= 0.6 is 0 Å². The Morgan fingerprint density at radius 2 is 1.82 bits per heavy atom. The molecule has 7 nitrogen and oxygen atoms in total. The lowest BCUT2D eigenvalue weighted by Gasteiger charge is -2.11. The molecule has 0 N–H and O–H groups in total. The molecule has 1 rings (SSSR count). The average Bonchev–Trinajstić information content (AvgIpc) is 2.34. The van der Waals surface area contributed by atoms with E-state index in [0.29, 0.717) is 17.1 Å². The van der Waals surface area contributed by atoms with Gasteiger partial charge in [-0.05, 0) is 18.2 Å². The molecule has 0 spiro atoms. The molecule has 0 heterocycles. The molecule has 1 atom stereocenters. The van der Waals surface area contributed by atoms with Crippen LogP contribution in [0.5, 0.6) is 11.5 Å². The molecular weight excluding hydrogens is 230 g/mol. The van der Waals surface area contributed by atoms with Crippen molar-refractivity contribution >= 4 is 0 Å². The number of hydrogen-bond donors (Lipinski definition) is 0. The van der Waals surface area contributed by atoms with Crippen LogP contribution in [0.15, 0.2) is 18.2 Å². The Morgan fingerprint density at radius 1 is 1.18 bits per heavy atom. The van der Waals surface area contributed by atoms with Gasteiger partial charge in [0.1, 0.15) is 0 Å². The van der Waals surface area contributed by atoms with Crippen LogP contribution in [0.1, 0.15) is 11.8 Å². The van der Waals surface area contributed by atoms with E-state index in [9.17, 15) is 10.1 Å². The molecule has 1 unspecified atom stereocenters. The van der Waals surface area contributed by atoms with Gasteiger partial charge >= 0.3 is 6.23 Å². The molecule has 0 aliphatic rings. The largest absolute Gasteiger partial charge is 0.493 e. The van der Waals surface area contributed by atoms with Gasteiger partial charge < -0.3 is 9.47 Å². The van der Waals surface area contributed by atoms with Gasteiger partial charge in [-0.3, -0.25) is 10.1 Å². The van der Waals surface area contributed by atoms with Crippen molar-refractivity contribution in [2.24, 2.45) is 0 Å². The fourth-order valence-corrected chi connectivity index (χ4v) is 1.31. The first-order valence-corrected chi connectivity index (χ1v) is 4.69. The predicted molar refractivity (Wildman–Crippen MR) is 57.4 cm³/mol. The average molecular weight is 243 g/mol. The lowest BCUT2D eigenvalue weighted by atomic mass is 10.2. The molecule has 94 valence electrons. The van der Waals surface area contributed by atoms with E-state index in [1.807, 2.05) is 0 Å². The SMILES string of the molecule is COOC(c1ccc(OC)c(OC)c1)[N+](=O)[O-]. The molecule has 0 amide bonds. The number of rotatable bonds is 6. The fourth-order valence-electron chi connectivity index (χ4n) is 1.31. The Hall–Kier alpha value is -1.86. The molecule has 0 fully saturated rings. The first-order chi connectivity index (χ1) is 8.13. The summed E-state index contributed by atoms with van der Waals surface area (Å²) in [5.74, 6) is 0.868. The number of nitrogens with zero attached hydrogens (tertiary/aromatic N) is 1. The zero-order valence-electron chi connectivity index (χ0n) is 9.71. The van der Waals surface area contributed by atoms with Gasteiger partial charge in [0.2, 0.25) is 0 Å². The molecule has 17 heavy (non-hydrogen) atoms.